The van der Waals surface area contributed by atoms with Crippen molar-refractivity contribution in [2.24, 2.45) is 0 Å². The van der Waals surface area contributed by atoms with Gasteiger partial charge in [-0.3, -0.25) is 4.79 Å². The SMILES string of the molecule is Cc1ccc(CNC(=O)[C@@H](C)OC(=O)c2csc(NCc3ccccc3)n2)cc1. The van der Waals surface area contributed by atoms with Crippen LogP contribution in [0, 0.1) is 6.92 Å². The summed E-state index contributed by atoms with van der Waals surface area (Å²) in [6.07, 6.45) is -0.907. The maximum Gasteiger partial charge on any atom is 0.358 e. The van der Waals surface area contributed by atoms with Crippen LogP contribution in [-0.4, -0.2) is 23.0 Å². The third kappa shape index (κ3) is 6.15. The number of esters is 1. The highest BCUT2D eigenvalue weighted by molar-refractivity contribution is 7.13. The van der Waals surface area contributed by atoms with Crippen LogP contribution in [0.5, 0.6) is 0 Å². The molecule has 0 fully saturated rings. The van der Waals surface area contributed by atoms with Gasteiger partial charge in [0.1, 0.15) is 0 Å². The first-order valence-electron chi connectivity index (χ1n) is 9.29. The van der Waals surface area contributed by atoms with Gasteiger partial charge in [-0.2, -0.15) is 0 Å². The van der Waals surface area contributed by atoms with Crippen LogP contribution >= 0.6 is 11.3 Å². The van der Waals surface area contributed by atoms with Crippen LogP contribution in [0.4, 0.5) is 5.13 Å². The molecule has 2 aromatic carbocycles. The number of nitrogens with one attached hydrogen (secondary N) is 2. The van der Waals surface area contributed by atoms with Crippen molar-refractivity contribution in [2.75, 3.05) is 5.32 Å². The number of carbonyl (C=O) groups excluding carboxylic acids is 2. The number of thiazole rings is 1. The summed E-state index contributed by atoms with van der Waals surface area (Å²) in [4.78, 5) is 28.7. The quantitative estimate of drug-likeness (QED) is 0.551. The zero-order valence-electron chi connectivity index (χ0n) is 16.3. The topological polar surface area (TPSA) is 80.3 Å². The number of hydrogen-bond acceptors (Lipinski definition) is 6. The summed E-state index contributed by atoms with van der Waals surface area (Å²) < 4.78 is 5.25. The van der Waals surface area contributed by atoms with E-state index in [1.165, 1.54) is 11.3 Å². The van der Waals surface area contributed by atoms with Crippen molar-refractivity contribution in [2.45, 2.75) is 33.0 Å². The minimum absolute atomic E-state index is 0.184. The fourth-order valence-electron chi connectivity index (χ4n) is 2.54. The standard InChI is InChI=1S/C22H23N3O3S/c1-15-8-10-18(11-9-15)12-23-20(26)16(2)28-21(27)19-14-29-22(25-19)24-13-17-6-4-3-5-7-17/h3-11,14,16H,12-13H2,1-2H3,(H,23,26)(H,24,25)/t16-/m1/s1. The van der Waals surface area contributed by atoms with Gasteiger partial charge < -0.3 is 15.4 Å². The first kappa shape index (κ1) is 20.5. The van der Waals surface area contributed by atoms with Gasteiger partial charge in [0.15, 0.2) is 16.9 Å². The minimum atomic E-state index is -0.907. The monoisotopic (exact) mass is 409 g/mol. The molecule has 3 aromatic rings. The average Bonchev–Trinajstić information content (AvgIpc) is 3.21. The van der Waals surface area contributed by atoms with Gasteiger partial charge in [0.05, 0.1) is 0 Å². The number of aryl methyl sites for hydroxylation is 1. The molecular weight excluding hydrogens is 386 g/mol. The molecule has 0 aliphatic carbocycles. The van der Waals surface area contributed by atoms with E-state index in [1.807, 2.05) is 61.5 Å². The summed E-state index contributed by atoms with van der Waals surface area (Å²) in [7, 11) is 0. The van der Waals surface area contributed by atoms with Crippen molar-refractivity contribution in [1.29, 1.82) is 0 Å². The van der Waals surface area contributed by atoms with Crippen molar-refractivity contribution in [1.82, 2.24) is 10.3 Å². The van der Waals surface area contributed by atoms with Crippen LogP contribution in [0.25, 0.3) is 0 Å². The minimum Gasteiger partial charge on any atom is -0.448 e. The summed E-state index contributed by atoms with van der Waals surface area (Å²) in [5, 5.41) is 8.19. The summed E-state index contributed by atoms with van der Waals surface area (Å²) in [5.74, 6) is -0.969. The highest BCUT2D eigenvalue weighted by Crippen LogP contribution is 2.17. The molecule has 0 aliphatic heterocycles. The van der Waals surface area contributed by atoms with E-state index < -0.39 is 12.1 Å². The highest BCUT2D eigenvalue weighted by atomic mass is 32.1. The van der Waals surface area contributed by atoms with Gasteiger partial charge in [-0.1, -0.05) is 60.2 Å². The van der Waals surface area contributed by atoms with Crippen molar-refractivity contribution >= 4 is 28.3 Å². The molecule has 0 bridgehead atoms. The van der Waals surface area contributed by atoms with Gasteiger partial charge in [0.25, 0.3) is 5.91 Å². The van der Waals surface area contributed by atoms with Gasteiger partial charge in [0, 0.05) is 18.5 Å². The first-order chi connectivity index (χ1) is 14.0. The number of carbonyl (C=O) groups is 2. The Labute approximate surface area is 173 Å². The number of hydrogen-bond donors (Lipinski definition) is 2. The second kappa shape index (κ2) is 9.84. The molecule has 3 rings (SSSR count). The second-order valence-electron chi connectivity index (χ2n) is 6.63. The van der Waals surface area contributed by atoms with E-state index in [4.69, 9.17) is 4.74 Å². The number of nitrogens with zero attached hydrogens (tertiary/aromatic N) is 1. The molecule has 0 spiro atoms. The summed E-state index contributed by atoms with van der Waals surface area (Å²) in [6.45, 7) is 4.54. The van der Waals surface area contributed by atoms with E-state index >= 15 is 0 Å². The Morgan fingerprint density at radius 3 is 2.45 bits per heavy atom. The maximum atomic E-state index is 12.3. The van der Waals surface area contributed by atoms with E-state index in [9.17, 15) is 9.59 Å². The molecule has 1 aromatic heterocycles. The molecule has 7 heteroatoms. The van der Waals surface area contributed by atoms with Crippen molar-refractivity contribution in [3.8, 4) is 0 Å². The van der Waals surface area contributed by atoms with Crippen LogP contribution in [-0.2, 0) is 22.6 Å². The molecular formula is C22H23N3O3S. The zero-order chi connectivity index (χ0) is 20.6. The highest BCUT2D eigenvalue weighted by Gasteiger charge is 2.20. The largest absolute Gasteiger partial charge is 0.448 e. The number of anilines is 1. The molecule has 0 radical (unpaired) electrons. The summed E-state index contributed by atoms with van der Waals surface area (Å²) in [5.41, 5.74) is 3.44. The van der Waals surface area contributed by atoms with Crippen LogP contribution in [0.15, 0.2) is 60.0 Å². The first-order valence-corrected chi connectivity index (χ1v) is 10.2. The molecule has 6 nitrogen and oxygen atoms in total. The lowest BCUT2D eigenvalue weighted by Crippen LogP contribution is -2.35. The lowest BCUT2D eigenvalue weighted by Gasteiger charge is -2.13. The molecule has 0 saturated heterocycles. The molecule has 1 atom stereocenters. The Hall–Kier alpha value is -3.19. The number of rotatable bonds is 8. The van der Waals surface area contributed by atoms with Gasteiger partial charge in [-0.15, -0.1) is 11.3 Å². The number of aromatic nitrogens is 1. The lowest BCUT2D eigenvalue weighted by atomic mass is 10.1. The molecule has 150 valence electrons. The van der Waals surface area contributed by atoms with Crippen molar-refractivity contribution in [3.05, 3.63) is 82.4 Å². The zero-order valence-corrected chi connectivity index (χ0v) is 17.2. The Balaban J connectivity index is 1.47. The predicted molar refractivity (Wildman–Crippen MR) is 114 cm³/mol. The molecule has 2 N–H and O–H groups in total. The smallest absolute Gasteiger partial charge is 0.358 e. The number of benzene rings is 2. The van der Waals surface area contributed by atoms with Gasteiger partial charge in [-0.25, -0.2) is 9.78 Å². The Morgan fingerprint density at radius 1 is 1.03 bits per heavy atom. The van der Waals surface area contributed by atoms with E-state index in [-0.39, 0.29) is 11.6 Å². The van der Waals surface area contributed by atoms with Crippen LogP contribution in [0.3, 0.4) is 0 Å². The molecule has 1 amide bonds. The summed E-state index contributed by atoms with van der Waals surface area (Å²) in [6, 6.07) is 17.8. The maximum absolute atomic E-state index is 12.3. The fourth-order valence-corrected chi connectivity index (χ4v) is 3.21. The van der Waals surface area contributed by atoms with Crippen LogP contribution in [0.1, 0.15) is 34.1 Å². The number of amides is 1. The van der Waals surface area contributed by atoms with Gasteiger partial charge in [-0.05, 0) is 25.0 Å². The van der Waals surface area contributed by atoms with E-state index in [0.717, 1.165) is 16.7 Å². The van der Waals surface area contributed by atoms with E-state index in [2.05, 4.69) is 15.6 Å². The molecule has 0 aliphatic rings. The predicted octanol–water partition coefficient (Wildman–Crippen LogP) is 3.93. The lowest BCUT2D eigenvalue weighted by molar-refractivity contribution is -0.129. The molecule has 0 saturated carbocycles. The summed E-state index contributed by atoms with van der Waals surface area (Å²) >= 11 is 1.32. The fraction of sp³-hybridized carbons (Fsp3) is 0.227. The molecule has 1 heterocycles. The average molecular weight is 410 g/mol. The van der Waals surface area contributed by atoms with E-state index in [1.54, 1.807) is 12.3 Å². The Kier molecular flexibility index (Phi) is 6.97. The van der Waals surface area contributed by atoms with Crippen molar-refractivity contribution < 1.29 is 14.3 Å². The van der Waals surface area contributed by atoms with Crippen molar-refractivity contribution in [3.63, 3.8) is 0 Å². The third-order valence-corrected chi connectivity index (χ3v) is 5.04. The number of ether oxygens (including phenoxy) is 1. The second-order valence-corrected chi connectivity index (χ2v) is 7.49. The van der Waals surface area contributed by atoms with Crippen LogP contribution < -0.4 is 10.6 Å². The molecule has 0 unspecified atom stereocenters. The normalized spacial score (nSPS) is 11.5. The Morgan fingerprint density at radius 2 is 1.72 bits per heavy atom. The Bertz CT molecular complexity index is 955. The van der Waals surface area contributed by atoms with Crippen LogP contribution in [0.2, 0.25) is 0 Å². The third-order valence-electron chi connectivity index (χ3n) is 4.24. The van der Waals surface area contributed by atoms with Gasteiger partial charge in [0.2, 0.25) is 0 Å². The van der Waals surface area contributed by atoms with E-state index in [0.29, 0.717) is 18.2 Å². The molecule has 29 heavy (non-hydrogen) atoms. The van der Waals surface area contributed by atoms with Gasteiger partial charge >= 0.3 is 5.97 Å².